The van der Waals surface area contributed by atoms with Crippen molar-refractivity contribution in [2.75, 3.05) is 13.2 Å². The topological polar surface area (TPSA) is 56.1 Å². The van der Waals surface area contributed by atoms with E-state index in [1.54, 1.807) is 0 Å². The second kappa shape index (κ2) is 10.7. The van der Waals surface area contributed by atoms with Crippen molar-refractivity contribution in [3.8, 4) is 0 Å². The molecule has 1 aromatic heterocycles. The summed E-state index contributed by atoms with van der Waals surface area (Å²) in [5.41, 5.74) is 2.79. The SMILES string of the molecule is CC1(c2ccccc2)COC(c2cccc(C3=NC(C)(c4ccccc4)CO3)n2)=N1.[Cl-].[Cl-].[Co+2]. The van der Waals surface area contributed by atoms with Crippen molar-refractivity contribution in [1.82, 2.24) is 4.98 Å². The first-order chi connectivity index (χ1) is 14.6. The molecular formula is C25H23Cl2CoN3O2. The van der Waals surface area contributed by atoms with Gasteiger partial charge in [0.15, 0.2) is 0 Å². The summed E-state index contributed by atoms with van der Waals surface area (Å²) in [4.78, 5) is 14.5. The van der Waals surface area contributed by atoms with Crippen LogP contribution in [-0.4, -0.2) is 30.0 Å². The number of aliphatic imine (C=N–C) groups is 2. The number of nitrogens with zero attached hydrogens (tertiary/aromatic N) is 3. The maximum atomic E-state index is 5.94. The Labute approximate surface area is 216 Å². The van der Waals surface area contributed by atoms with Crippen LogP contribution in [0.25, 0.3) is 0 Å². The standard InChI is InChI=1S/C25H23N3O2.2ClH.Co/c1-24(18-10-5-3-6-11-18)16-29-22(27-24)20-14-9-15-21(26-20)23-28-25(2,17-30-23)19-12-7-4-8-13-19;;;/h3-15H,16-17H2,1-2H3;2*1H;/q;;;+2/p-2. The van der Waals surface area contributed by atoms with E-state index in [1.807, 2.05) is 54.6 Å². The Morgan fingerprint density at radius 1 is 0.606 bits per heavy atom. The van der Waals surface area contributed by atoms with Crippen LogP contribution in [0.4, 0.5) is 0 Å². The van der Waals surface area contributed by atoms with E-state index < -0.39 is 11.1 Å². The van der Waals surface area contributed by atoms with E-state index in [9.17, 15) is 0 Å². The van der Waals surface area contributed by atoms with Crippen LogP contribution in [0.5, 0.6) is 0 Å². The van der Waals surface area contributed by atoms with E-state index in [2.05, 4.69) is 38.1 Å². The van der Waals surface area contributed by atoms with Crippen molar-refractivity contribution < 1.29 is 51.1 Å². The summed E-state index contributed by atoms with van der Waals surface area (Å²) >= 11 is 0. The van der Waals surface area contributed by atoms with Crippen LogP contribution in [0.1, 0.15) is 36.4 Å². The Hall–Kier alpha value is -2.38. The van der Waals surface area contributed by atoms with Gasteiger partial charge >= 0.3 is 16.8 Å². The molecule has 0 bridgehead atoms. The molecule has 1 radical (unpaired) electrons. The number of halogens is 2. The molecule has 5 rings (SSSR count). The minimum Gasteiger partial charge on any atom is -1.00 e. The number of ether oxygens (including phenoxy) is 2. The average Bonchev–Trinajstić information content (AvgIpc) is 3.40. The largest absolute Gasteiger partial charge is 2.00 e. The van der Waals surface area contributed by atoms with Crippen molar-refractivity contribution in [3.63, 3.8) is 0 Å². The third-order valence-electron chi connectivity index (χ3n) is 5.66. The van der Waals surface area contributed by atoms with Crippen molar-refractivity contribution in [2.24, 2.45) is 9.98 Å². The summed E-state index contributed by atoms with van der Waals surface area (Å²) in [6, 6.07) is 26.1. The van der Waals surface area contributed by atoms with Crippen LogP contribution in [0.2, 0.25) is 0 Å². The fourth-order valence-corrected chi connectivity index (χ4v) is 3.82. The summed E-state index contributed by atoms with van der Waals surface area (Å²) in [6.07, 6.45) is 0. The van der Waals surface area contributed by atoms with Gasteiger partial charge in [-0.15, -0.1) is 0 Å². The van der Waals surface area contributed by atoms with Gasteiger partial charge in [0.1, 0.15) is 35.7 Å². The van der Waals surface area contributed by atoms with Crippen LogP contribution in [0, 0.1) is 0 Å². The molecule has 173 valence electrons. The van der Waals surface area contributed by atoms with Gasteiger partial charge < -0.3 is 34.3 Å². The number of aromatic nitrogens is 1. The molecule has 3 heterocycles. The van der Waals surface area contributed by atoms with E-state index >= 15 is 0 Å². The molecule has 5 nitrogen and oxygen atoms in total. The minimum absolute atomic E-state index is 0. The molecule has 0 amide bonds. The van der Waals surface area contributed by atoms with Gasteiger partial charge in [0, 0.05) is 0 Å². The average molecular weight is 527 g/mol. The van der Waals surface area contributed by atoms with Crippen LogP contribution < -0.4 is 24.8 Å². The monoisotopic (exact) mass is 526 g/mol. The van der Waals surface area contributed by atoms with E-state index in [-0.39, 0.29) is 41.6 Å². The van der Waals surface area contributed by atoms with E-state index in [4.69, 9.17) is 24.4 Å². The van der Waals surface area contributed by atoms with Crippen molar-refractivity contribution in [2.45, 2.75) is 24.9 Å². The van der Waals surface area contributed by atoms with Gasteiger partial charge in [-0.05, 0) is 37.1 Å². The molecule has 3 aromatic rings. The first kappa shape index (κ1) is 26.9. The maximum absolute atomic E-state index is 5.94. The second-order valence-corrected chi connectivity index (χ2v) is 8.10. The molecule has 2 atom stereocenters. The third kappa shape index (κ3) is 5.25. The van der Waals surface area contributed by atoms with Crippen molar-refractivity contribution in [1.29, 1.82) is 0 Å². The summed E-state index contributed by atoms with van der Waals surface area (Å²) < 4.78 is 11.9. The normalized spacial score (nSPS) is 23.0. The van der Waals surface area contributed by atoms with Crippen LogP contribution in [-0.2, 0) is 37.3 Å². The number of rotatable bonds is 4. The Balaban J connectivity index is 0.00000128. The van der Waals surface area contributed by atoms with Gasteiger partial charge in [-0.2, -0.15) is 0 Å². The van der Waals surface area contributed by atoms with Crippen LogP contribution in [0.3, 0.4) is 0 Å². The fraction of sp³-hybridized carbons (Fsp3) is 0.240. The number of hydrogen-bond acceptors (Lipinski definition) is 5. The molecule has 33 heavy (non-hydrogen) atoms. The predicted octanol–water partition coefficient (Wildman–Crippen LogP) is -1.53. The molecule has 2 aromatic carbocycles. The zero-order chi connectivity index (χ0) is 20.6. The van der Waals surface area contributed by atoms with Gasteiger partial charge in [-0.25, -0.2) is 15.0 Å². The van der Waals surface area contributed by atoms with Gasteiger partial charge in [0.25, 0.3) is 0 Å². The van der Waals surface area contributed by atoms with E-state index in [1.165, 1.54) is 0 Å². The smallest absolute Gasteiger partial charge is 1.00 e. The van der Waals surface area contributed by atoms with Gasteiger partial charge in [0.2, 0.25) is 11.8 Å². The summed E-state index contributed by atoms with van der Waals surface area (Å²) in [5, 5.41) is 0. The number of pyridine rings is 1. The summed E-state index contributed by atoms with van der Waals surface area (Å²) in [5.74, 6) is 1.10. The van der Waals surface area contributed by atoms with Gasteiger partial charge in [-0.3, -0.25) is 0 Å². The first-order valence-corrected chi connectivity index (χ1v) is 10.1. The molecule has 2 unspecified atom stereocenters. The number of hydrogen-bond donors (Lipinski definition) is 0. The van der Waals surface area contributed by atoms with Gasteiger partial charge in [0.05, 0.1) is 0 Å². The Kier molecular flexibility index (Phi) is 8.71. The predicted molar refractivity (Wildman–Crippen MR) is 117 cm³/mol. The summed E-state index contributed by atoms with van der Waals surface area (Å²) in [6.45, 7) is 5.13. The molecule has 2 aliphatic rings. The van der Waals surface area contributed by atoms with E-state index in [0.717, 1.165) is 11.1 Å². The second-order valence-electron chi connectivity index (χ2n) is 8.10. The molecule has 2 aliphatic heterocycles. The van der Waals surface area contributed by atoms with Gasteiger partial charge in [-0.1, -0.05) is 66.7 Å². The molecule has 0 spiro atoms. The molecule has 8 heteroatoms. The molecule has 0 saturated heterocycles. The zero-order valence-electron chi connectivity index (χ0n) is 18.2. The van der Waals surface area contributed by atoms with Crippen LogP contribution >= 0.6 is 0 Å². The molecule has 0 aliphatic carbocycles. The molecule has 0 N–H and O–H groups in total. The fourth-order valence-electron chi connectivity index (χ4n) is 3.82. The Morgan fingerprint density at radius 3 is 1.39 bits per heavy atom. The molecular weight excluding hydrogens is 504 g/mol. The van der Waals surface area contributed by atoms with E-state index in [0.29, 0.717) is 36.4 Å². The van der Waals surface area contributed by atoms with Crippen molar-refractivity contribution in [3.05, 3.63) is 101 Å². The Morgan fingerprint density at radius 2 is 1.00 bits per heavy atom. The minimum atomic E-state index is -0.415. The van der Waals surface area contributed by atoms with Crippen LogP contribution in [0.15, 0.2) is 88.8 Å². The molecule has 0 fully saturated rings. The Bertz CT molecular complexity index is 1060. The number of benzene rings is 2. The third-order valence-corrected chi connectivity index (χ3v) is 5.66. The summed E-state index contributed by atoms with van der Waals surface area (Å²) in [7, 11) is 0. The zero-order valence-corrected chi connectivity index (χ0v) is 20.7. The van der Waals surface area contributed by atoms with Crippen molar-refractivity contribution >= 4 is 11.8 Å². The quantitative estimate of drug-likeness (QED) is 0.414. The molecule has 0 saturated carbocycles. The maximum Gasteiger partial charge on any atom is 2.00 e. The first-order valence-electron chi connectivity index (χ1n) is 10.1.